The number of likely N-dealkylation sites (tertiary alicyclic amines) is 1. The number of aryl methyl sites for hydroxylation is 2. The summed E-state index contributed by atoms with van der Waals surface area (Å²) >= 11 is 0. The van der Waals surface area contributed by atoms with E-state index in [1.807, 2.05) is 26.0 Å². The van der Waals surface area contributed by atoms with E-state index < -0.39 is 6.09 Å². The van der Waals surface area contributed by atoms with Gasteiger partial charge in [0.25, 0.3) is 0 Å². The Hall–Kier alpha value is -3.55. The number of carbonyl (C=O) groups is 2. The van der Waals surface area contributed by atoms with Gasteiger partial charge in [-0.15, -0.1) is 0 Å². The normalized spacial score (nSPS) is 13.8. The molecule has 1 aliphatic rings. The number of hydrogen-bond acceptors (Lipinski definition) is 7. The van der Waals surface area contributed by atoms with E-state index >= 15 is 0 Å². The fourth-order valence-corrected chi connectivity index (χ4v) is 3.92. The number of hydrogen-bond donors (Lipinski definition) is 0. The Morgan fingerprint density at radius 3 is 2.58 bits per heavy atom. The van der Waals surface area contributed by atoms with Crippen LogP contribution in [0.15, 0.2) is 24.4 Å². The van der Waals surface area contributed by atoms with E-state index in [4.69, 9.17) is 9.47 Å². The molecule has 1 amide bonds. The Morgan fingerprint density at radius 1 is 1.10 bits per heavy atom. The average Bonchev–Trinajstić information content (AvgIpc) is 2.78. The molecule has 0 unspecified atom stereocenters. The number of piperidine rings is 1. The van der Waals surface area contributed by atoms with Crippen LogP contribution in [0.1, 0.15) is 40.7 Å². The molecule has 1 aromatic carbocycles. The van der Waals surface area contributed by atoms with Crippen molar-refractivity contribution in [3.63, 3.8) is 0 Å². The fourth-order valence-electron chi connectivity index (χ4n) is 3.92. The minimum Gasteiger partial charge on any atom is -0.496 e. The van der Waals surface area contributed by atoms with Gasteiger partial charge < -0.3 is 14.4 Å². The summed E-state index contributed by atoms with van der Waals surface area (Å²) < 4.78 is 11.0. The monoisotopic (exact) mass is 420 g/mol. The SMILES string of the molecule is COc1cc(C)cc(C)c1-c1cc(C=O)c2ncc(OC(=O)N3CCCCC3)nc2n1. The van der Waals surface area contributed by atoms with Gasteiger partial charge in [0.15, 0.2) is 11.9 Å². The number of nitrogens with zero attached hydrogens (tertiary/aromatic N) is 4. The highest BCUT2D eigenvalue weighted by molar-refractivity contribution is 5.95. The molecule has 3 aromatic rings. The number of rotatable bonds is 4. The van der Waals surface area contributed by atoms with Crippen LogP contribution in [-0.4, -0.2) is 52.4 Å². The Morgan fingerprint density at radius 2 is 1.87 bits per heavy atom. The summed E-state index contributed by atoms with van der Waals surface area (Å²) in [6.45, 7) is 5.28. The molecule has 0 radical (unpaired) electrons. The maximum Gasteiger partial charge on any atom is 0.416 e. The zero-order chi connectivity index (χ0) is 22.0. The minimum atomic E-state index is -0.448. The van der Waals surface area contributed by atoms with Crippen molar-refractivity contribution in [1.29, 1.82) is 0 Å². The number of benzene rings is 1. The number of fused-ring (bicyclic) bond motifs is 1. The summed E-state index contributed by atoms with van der Waals surface area (Å²) in [7, 11) is 1.59. The lowest BCUT2D eigenvalue weighted by Crippen LogP contribution is -2.37. The lowest BCUT2D eigenvalue weighted by Gasteiger charge is -2.25. The number of aromatic nitrogens is 3. The molecule has 160 valence electrons. The quantitative estimate of drug-likeness (QED) is 0.586. The van der Waals surface area contributed by atoms with Gasteiger partial charge in [0.1, 0.15) is 11.3 Å². The second kappa shape index (κ2) is 8.67. The molecule has 1 aliphatic heterocycles. The predicted octanol–water partition coefficient (Wildman–Crippen LogP) is 4.11. The third-order valence-electron chi connectivity index (χ3n) is 5.38. The largest absolute Gasteiger partial charge is 0.496 e. The van der Waals surface area contributed by atoms with Crippen LogP contribution in [0.4, 0.5) is 4.79 Å². The molecule has 2 aromatic heterocycles. The molecule has 0 aliphatic carbocycles. The number of carbonyl (C=O) groups excluding carboxylic acids is 2. The summed E-state index contributed by atoms with van der Waals surface area (Å²) in [6.07, 6.45) is 4.65. The summed E-state index contributed by atoms with van der Waals surface area (Å²) in [5, 5.41) is 0. The second-order valence-corrected chi connectivity index (χ2v) is 7.67. The molecule has 0 bridgehead atoms. The first-order valence-electron chi connectivity index (χ1n) is 10.3. The number of amides is 1. The van der Waals surface area contributed by atoms with Crippen molar-refractivity contribution in [2.45, 2.75) is 33.1 Å². The Balaban J connectivity index is 1.76. The lowest BCUT2D eigenvalue weighted by atomic mass is 10.00. The van der Waals surface area contributed by atoms with E-state index in [-0.39, 0.29) is 11.5 Å². The van der Waals surface area contributed by atoms with Gasteiger partial charge in [-0.3, -0.25) is 4.79 Å². The van der Waals surface area contributed by atoms with Gasteiger partial charge in [0.2, 0.25) is 5.88 Å². The van der Waals surface area contributed by atoms with Crippen molar-refractivity contribution >= 4 is 23.5 Å². The van der Waals surface area contributed by atoms with Crippen LogP contribution in [0.3, 0.4) is 0 Å². The molecular weight excluding hydrogens is 396 g/mol. The Labute approximate surface area is 180 Å². The molecule has 1 fully saturated rings. The van der Waals surface area contributed by atoms with Gasteiger partial charge in [0, 0.05) is 24.2 Å². The third kappa shape index (κ3) is 4.19. The maximum absolute atomic E-state index is 12.4. The second-order valence-electron chi connectivity index (χ2n) is 7.67. The van der Waals surface area contributed by atoms with Gasteiger partial charge in [-0.05, 0) is 56.4 Å². The lowest BCUT2D eigenvalue weighted by molar-refractivity contribution is 0.112. The summed E-state index contributed by atoms with van der Waals surface area (Å²) in [5.74, 6) is 0.707. The molecule has 0 saturated carbocycles. The highest BCUT2D eigenvalue weighted by Crippen LogP contribution is 2.34. The van der Waals surface area contributed by atoms with Crippen LogP contribution in [0.2, 0.25) is 0 Å². The molecule has 0 N–H and O–H groups in total. The molecule has 31 heavy (non-hydrogen) atoms. The van der Waals surface area contributed by atoms with Crippen molar-refractivity contribution in [3.05, 3.63) is 41.1 Å². The summed E-state index contributed by atoms with van der Waals surface area (Å²) in [6, 6.07) is 5.60. The van der Waals surface area contributed by atoms with Gasteiger partial charge in [0.05, 0.1) is 19.0 Å². The summed E-state index contributed by atoms with van der Waals surface area (Å²) in [5.41, 5.74) is 4.25. The zero-order valence-corrected chi connectivity index (χ0v) is 17.8. The van der Waals surface area contributed by atoms with Crippen molar-refractivity contribution in [1.82, 2.24) is 19.9 Å². The standard InChI is InChI=1S/C23H24N4O4/c1-14-9-15(2)20(18(10-14)30-3)17-11-16(13-28)21-22(25-17)26-19(12-24-21)31-23(29)27-7-5-4-6-8-27/h9-13H,4-8H2,1-3H3. The average molecular weight is 420 g/mol. The topological polar surface area (TPSA) is 94.5 Å². The van der Waals surface area contributed by atoms with Crippen LogP contribution in [0, 0.1) is 13.8 Å². The molecule has 0 spiro atoms. The molecule has 3 heterocycles. The van der Waals surface area contributed by atoms with Crippen molar-refractivity contribution in [2.24, 2.45) is 0 Å². The first kappa shape index (κ1) is 20.7. The van der Waals surface area contributed by atoms with E-state index in [1.165, 1.54) is 6.20 Å². The van der Waals surface area contributed by atoms with Crippen molar-refractivity contribution < 1.29 is 19.1 Å². The molecule has 1 saturated heterocycles. The van der Waals surface area contributed by atoms with E-state index in [2.05, 4.69) is 15.0 Å². The first-order valence-corrected chi connectivity index (χ1v) is 10.3. The van der Waals surface area contributed by atoms with Crippen LogP contribution < -0.4 is 9.47 Å². The third-order valence-corrected chi connectivity index (χ3v) is 5.38. The molecule has 0 atom stereocenters. The maximum atomic E-state index is 12.4. The van der Waals surface area contributed by atoms with Gasteiger partial charge >= 0.3 is 6.09 Å². The van der Waals surface area contributed by atoms with E-state index in [9.17, 15) is 9.59 Å². The number of pyridine rings is 1. The Kier molecular flexibility index (Phi) is 5.79. The molecular formula is C23H24N4O4. The van der Waals surface area contributed by atoms with Crippen LogP contribution in [0.25, 0.3) is 22.4 Å². The van der Waals surface area contributed by atoms with E-state index in [0.717, 1.165) is 42.2 Å². The highest BCUT2D eigenvalue weighted by atomic mass is 16.6. The molecule has 4 rings (SSSR count). The van der Waals surface area contributed by atoms with Gasteiger partial charge in [-0.25, -0.2) is 14.8 Å². The highest BCUT2D eigenvalue weighted by Gasteiger charge is 2.20. The van der Waals surface area contributed by atoms with E-state index in [1.54, 1.807) is 18.1 Å². The van der Waals surface area contributed by atoms with Crippen molar-refractivity contribution in [2.75, 3.05) is 20.2 Å². The first-order chi connectivity index (χ1) is 15.0. The number of methoxy groups -OCH3 is 1. The van der Waals surface area contributed by atoms with Crippen LogP contribution in [-0.2, 0) is 0 Å². The number of aldehydes is 1. The van der Waals surface area contributed by atoms with Crippen LogP contribution in [0.5, 0.6) is 11.6 Å². The van der Waals surface area contributed by atoms with Crippen LogP contribution >= 0.6 is 0 Å². The molecule has 8 heteroatoms. The van der Waals surface area contributed by atoms with Gasteiger partial charge in [-0.2, -0.15) is 4.98 Å². The number of ether oxygens (including phenoxy) is 2. The Bertz CT molecular complexity index is 1160. The van der Waals surface area contributed by atoms with Gasteiger partial charge in [-0.1, -0.05) is 6.07 Å². The zero-order valence-electron chi connectivity index (χ0n) is 17.8. The van der Waals surface area contributed by atoms with Crippen molar-refractivity contribution in [3.8, 4) is 22.9 Å². The smallest absolute Gasteiger partial charge is 0.416 e. The summed E-state index contributed by atoms with van der Waals surface area (Å²) in [4.78, 5) is 39.1. The fraction of sp³-hybridized carbons (Fsp3) is 0.348. The predicted molar refractivity (Wildman–Crippen MR) is 116 cm³/mol. The van der Waals surface area contributed by atoms with E-state index in [0.29, 0.717) is 35.6 Å². The minimum absolute atomic E-state index is 0.0529. The molecule has 8 nitrogen and oxygen atoms in total.